The van der Waals surface area contributed by atoms with Crippen molar-refractivity contribution in [3.8, 4) is 0 Å². The summed E-state index contributed by atoms with van der Waals surface area (Å²) in [7, 11) is -2.80. The molecule has 104 valence electrons. The van der Waals surface area contributed by atoms with E-state index in [0.29, 0.717) is 23.5 Å². The third kappa shape index (κ3) is 3.37. The van der Waals surface area contributed by atoms with E-state index in [0.717, 1.165) is 13.0 Å². The predicted molar refractivity (Wildman–Crippen MR) is 77.0 cm³/mol. The van der Waals surface area contributed by atoms with Gasteiger partial charge in [-0.25, -0.2) is 8.42 Å². The minimum atomic E-state index is -2.80. The molecule has 0 aromatic heterocycles. The van der Waals surface area contributed by atoms with Crippen LogP contribution in [-0.2, 0) is 9.84 Å². The Morgan fingerprint density at radius 3 is 2.47 bits per heavy atom. The van der Waals surface area contributed by atoms with Gasteiger partial charge >= 0.3 is 0 Å². The van der Waals surface area contributed by atoms with E-state index < -0.39 is 9.84 Å². The van der Waals surface area contributed by atoms with Crippen molar-refractivity contribution in [3.63, 3.8) is 0 Å². The predicted octanol–water partition coefficient (Wildman–Crippen LogP) is 1.96. The molecule has 0 radical (unpaired) electrons. The number of nitrogens with one attached hydrogen (secondary N) is 1. The maximum absolute atomic E-state index is 11.7. The maximum Gasteiger partial charge on any atom is 0.150 e. The van der Waals surface area contributed by atoms with Gasteiger partial charge in [0.15, 0.2) is 9.84 Å². The molecule has 0 bridgehead atoms. The van der Waals surface area contributed by atoms with Gasteiger partial charge < -0.3 is 5.32 Å². The van der Waals surface area contributed by atoms with E-state index in [1.165, 1.54) is 18.4 Å². The van der Waals surface area contributed by atoms with Gasteiger partial charge in [-0.05, 0) is 30.7 Å². The van der Waals surface area contributed by atoms with Crippen LogP contribution in [-0.4, -0.2) is 32.5 Å². The normalized spacial score (nSPS) is 27.3. The van der Waals surface area contributed by atoms with Crippen molar-refractivity contribution in [1.29, 1.82) is 0 Å². The average molecular weight is 279 g/mol. The quantitative estimate of drug-likeness (QED) is 0.896. The van der Waals surface area contributed by atoms with E-state index >= 15 is 0 Å². The summed E-state index contributed by atoms with van der Waals surface area (Å²) in [6.45, 7) is 0.912. The molecular weight excluding hydrogens is 258 g/mol. The van der Waals surface area contributed by atoms with Crippen LogP contribution in [0.1, 0.15) is 30.7 Å². The van der Waals surface area contributed by atoms with Gasteiger partial charge in [-0.2, -0.15) is 0 Å². The Morgan fingerprint density at radius 2 is 1.89 bits per heavy atom. The Hall–Kier alpha value is -0.870. The highest BCUT2D eigenvalue weighted by molar-refractivity contribution is 7.91. The van der Waals surface area contributed by atoms with E-state index in [1.54, 1.807) is 0 Å². The SMILES string of the molecule is O=S1(=O)CCC(C(CNC2CC2)c2ccccc2)C1. The van der Waals surface area contributed by atoms with Crippen LogP contribution in [0.25, 0.3) is 0 Å². The number of hydrogen-bond donors (Lipinski definition) is 1. The highest BCUT2D eigenvalue weighted by Gasteiger charge is 2.35. The summed E-state index contributed by atoms with van der Waals surface area (Å²) in [4.78, 5) is 0. The van der Waals surface area contributed by atoms with Crippen LogP contribution in [0.5, 0.6) is 0 Å². The lowest BCUT2D eigenvalue weighted by molar-refractivity contribution is 0.437. The summed E-state index contributed by atoms with van der Waals surface area (Å²) in [5.74, 6) is 1.33. The Balaban J connectivity index is 1.75. The molecule has 0 amide bonds. The lowest BCUT2D eigenvalue weighted by atomic mass is 9.85. The molecule has 19 heavy (non-hydrogen) atoms. The fourth-order valence-electron chi connectivity index (χ4n) is 2.98. The number of rotatable bonds is 5. The maximum atomic E-state index is 11.7. The van der Waals surface area contributed by atoms with Gasteiger partial charge in [0.25, 0.3) is 0 Å². The molecule has 2 aliphatic rings. The van der Waals surface area contributed by atoms with Gasteiger partial charge in [-0.3, -0.25) is 0 Å². The molecule has 3 nitrogen and oxygen atoms in total. The van der Waals surface area contributed by atoms with E-state index in [1.807, 2.05) is 18.2 Å². The second-order valence-corrected chi connectivity index (χ2v) is 8.09. The molecule has 1 aromatic rings. The molecule has 1 N–H and O–H groups in total. The van der Waals surface area contributed by atoms with E-state index in [2.05, 4.69) is 17.4 Å². The van der Waals surface area contributed by atoms with Crippen molar-refractivity contribution in [1.82, 2.24) is 5.32 Å². The van der Waals surface area contributed by atoms with Crippen molar-refractivity contribution >= 4 is 9.84 Å². The molecule has 2 unspecified atom stereocenters. The smallest absolute Gasteiger partial charge is 0.150 e. The average Bonchev–Trinajstić information content (AvgIpc) is 3.15. The Bertz CT molecular complexity index is 522. The monoisotopic (exact) mass is 279 g/mol. The van der Waals surface area contributed by atoms with Gasteiger partial charge in [-0.1, -0.05) is 30.3 Å². The zero-order chi connectivity index (χ0) is 13.3. The Labute approximate surface area is 115 Å². The molecular formula is C15H21NO2S. The van der Waals surface area contributed by atoms with E-state index in [9.17, 15) is 8.42 Å². The first-order valence-electron chi connectivity index (χ1n) is 7.13. The molecule has 2 atom stereocenters. The number of sulfone groups is 1. The van der Waals surface area contributed by atoms with Gasteiger partial charge in [0.05, 0.1) is 11.5 Å². The van der Waals surface area contributed by atoms with Crippen molar-refractivity contribution in [3.05, 3.63) is 35.9 Å². The summed E-state index contributed by atoms with van der Waals surface area (Å²) in [5.41, 5.74) is 1.28. The lowest BCUT2D eigenvalue weighted by Crippen LogP contribution is -2.28. The minimum absolute atomic E-state index is 0.277. The van der Waals surface area contributed by atoms with Crippen molar-refractivity contribution in [2.75, 3.05) is 18.1 Å². The van der Waals surface area contributed by atoms with Gasteiger partial charge in [0, 0.05) is 18.5 Å². The molecule has 4 heteroatoms. The largest absolute Gasteiger partial charge is 0.313 e. The second kappa shape index (κ2) is 5.25. The van der Waals surface area contributed by atoms with E-state index in [4.69, 9.17) is 0 Å². The summed E-state index contributed by atoms with van der Waals surface area (Å²) in [6, 6.07) is 11.0. The first-order valence-corrected chi connectivity index (χ1v) is 8.95. The summed E-state index contributed by atoms with van der Waals surface area (Å²) in [5, 5.41) is 3.56. The van der Waals surface area contributed by atoms with E-state index in [-0.39, 0.29) is 5.92 Å². The molecule has 1 saturated carbocycles. The van der Waals surface area contributed by atoms with Gasteiger partial charge in [0.2, 0.25) is 0 Å². The third-order valence-corrected chi connectivity index (χ3v) is 6.06. The first kappa shape index (κ1) is 13.1. The summed E-state index contributed by atoms with van der Waals surface area (Å²) >= 11 is 0. The molecule has 3 rings (SSSR count). The van der Waals surface area contributed by atoms with Crippen LogP contribution in [0.15, 0.2) is 30.3 Å². The molecule has 0 spiro atoms. The van der Waals surface area contributed by atoms with Crippen LogP contribution in [0.3, 0.4) is 0 Å². The van der Waals surface area contributed by atoms with Gasteiger partial charge in [-0.15, -0.1) is 0 Å². The zero-order valence-corrected chi connectivity index (χ0v) is 11.9. The first-order chi connectivity index (χ1) is 9.14. The topological polar surface area (TPSA) is 46.2 Å². The van der Waals surface area contributed by atoms with Crippen LogP contribution in [0.2, 0.25) is 0 Å². The Kier molecular flexibility index (Phi) is 3.63. The standard InChI is InChI=1S/C15H21NO2S/c17-19(18)9-8-13(11-19)15(10-16-14-6-7-14)12-4-2-1-3-5-12/h1-5,13-16H,6-11H2. The molecule has 1 aromatic carbocycles. The van der Waals surface area contributed by atoms with Crippen LogP contribution in [0, 0.1) is 5.92 Å². The molecule has 2 fully saturated rings. The van der Waals surface area contributed by atoms with Crippen molar-refractivity contribution in [2.24, 2.45) is 5.92 Å². The highest BCUT2D eigenvalue weighted by Crippen LogP contribution is 2.33. The van der Waals surface area contributed by atoms with Crippen LogP contribution < -0.4 is 5.32 Å². The molecule has 1 aliphatic carbocycles. The fraction of sp³-hybridized carbons (Fsp3) is 0.600. The molecule has 1 saturated heterocycles. The highest BCUT2D eigenvalue weighted by atomic mass is 32.2. The van der Waals surface area contributed by atoms with Gasteiger partial charge in [0.1, 0.15) is 0 Å². The lowest BCUT2D eigenvalue weighted by Gasteiger charge is -2.23. The van der Waals surface area contributed by atoms with Crippen LogP contribution in [0.4, 0.5) is 0 Å². The molecule has 1 heterocycles. The summed E-state index contributed by atoms with van der Waals surface area (Å²) < 4.78 is 23.4. The van der Waals surface area contributed by atoms with Crippen LogP contribution >= 0.6 is 0 Å². The number of hydrogen-bond acceptors (Lipinski definition) is 3. The van der Waals surface area contributed by atoms with Crippen molar-refractivity contribution in [2.45, 2.75) is 31.2 Å². The second-order valence-electron chi connectivity index (χ2n) is 5.86. The Morgan fingerprint density at radius 1 is 1.16 bits per heavy atom. The zero-order valence-electron chi connectivity index (χ0n) is 11.1. The summed E-state index contributed by atoms with van der Waals surface area (Å²) in [6.07, 6.45) is 3.35. The third-order valence-electron chi connectivity index (χ3n) is 4.27. The minimum Gasteiger partial charge on any atom is -0.313 e. The fourth-order valence-corrected chi connectivity index (χ4v) is 4.86. The molecule has 1 aliphatic heterocycles. The number of benzene rings is 1. The van der Waals surface area contributed by atoms with Crippen molar-refractivity contribution < 1.29 is 8.42 Å².